The van der Waals surface area contributed by atoms with Gasteiger partial charge in [-0.1, -0.05) is 30.0 Å². The molecule has 1 N–H and O–H groups in total. The molecule has 4 heterocycles. The van der Waals surface area contributed by atoms with Crippen molar-refractivity contribution in [3.05, 3.63) is 54.1 Å². The van der Waals surface area contributed by atoms with Crippen molar-refractivity contribution >= 4 is 28.6 Å². The number of fused-ring (bicyclic) bond motifs is 1. The number of hydrogen-bond acceptors (Lipinski definition) is 6. The number of para-hydroxylation sites is 1. The quantitative estimate of drug-likeness (QED) is 0.391. The molecule has 1 amide bonds. The highest BCUT2D eigenvalue weighted by Crippen LogP contribution is 2.31. The lowest BCUT2D eigenvalue weighted by atomic mass is 10.1. The van der Waals surface area contributed by atoms with Gasteiger partial charge in [-0.2, -0.15) is 0 Å². The zero-order valence-electron chi connectivity index (χ0n) is 18.8. The third-order valence-corrected chi connectivity index (χ3v) is 6.85. The fourth-order valence-corrected chi connectivity index (χ4v) is 5.02. The van der Waals surface area contributed by atoms with E-state index in [0.29, 0.717) is 13.1 Å². The zero-order chi connectivity index (χ0) is 22.8. The third-order valence-electron chi connectivity index (χ3n) is 5.90. The number of thioether (sulfide) groups is 1. The van der Waals surface area contributed by atoms with Crippen LogP contribution >= 0.6 is 11.8 Å². The Balaban J connectivity index is 1.36. The van der Waals surface area contributed by atoms with Crippen molar-refractivity contribution in [3.63, 3.8) is 0 Å². The summed E-state index contributed by atoms with van der Waals surface area (Å²) in [6.45, 7) is 3.79. The number of nitrogens with one attached hydrogen (secondary N) is 1. The highest BCUT2D eigenvalue weighted by molar-refractivity contribution is 7.99. The Bertz CT molecular complexity index is 1250. The minimum Gasteiger partial charge on any atom is -0.464 e. The molecule has 4 aromatic rings. The van der Waals surface area contributed by atoms with Crippen molar-refractivity contribution in [1.29, 1.82) is 0 Å². The van der Waals surface area contributed by atoms with Crippen LogP contribution in [-0.4, -0.2) is 56.1 Å². The average molecular weight is 466 g/mol. The molecule has 1 aliphatic rings. The number of benzene rings is 1. The Hall–Kier alpha value is -3.04. The van der Waals surface area contributed by atoms with Crippen LogP contribution in [0.5, 0.6) is 0 Å². The van der Waals surface area contributed by atoms with E-state index >= 15 is 0 Å². The maximum Gasteiger partial charge on any atom is 0.233 e. The van der Waals surface area contributed by atoms with Crippen molar-refractivity contribution in [1.82, 2.24) is 24.6 Å². The molecule has 1 unspecified atom stereocenters. The van der Waals surface area contributed by atoms with E-state index in [9.17, 15) is 4.79 Å². The van der Waals surface area contributed by atoms with Crippen molar-refractivity contribution in [3.8, 4) is 11.4 Å². The lowest BCUT2D eigenvalue weighted by Gasteiger charge is -2.17. The van der Waals surface area contributed by atoms with Crippen molar-refractivity contribution in [2.24, 2.45) is 0 Å². The number of aromatic amines is 1. The highest BCUT2D eigenvalue weighted by atomic mass is 32.2. The van der Waals surface area contributed by atoms with Gasteiger partial charge in [-0.15, -0.1) is 10.2 Å². The van der Waals surface area contributed by atoms with E-state index in [0.717, 1.165) is 58.4 Å². The molecule has 8 nitrogen and oxygen atoms in total. The minimum atomic E-state index is 0.00867. The number of H-pyrrole nitrogens is 1. The van der Waals surface area contributed by atoms with E-state index in [-0.39, 0.29) is 17.8 Å². The Morgan fingerprint density at radius 1 is 1.27 bits per heavy atom. The number of aromatic nitrogens is 4. The summed E-state index contributed by atoms with van der Waals surface area (Å²) in [6, 6.07) is 12.0. The van der Waals surface area contributed by atoms with Gasteiger partial charge in [0, 0.05) is 36.3 Å². The SMILES string of the molecule is Cc1ccc(CN(C)C(=O)CSc2nnc(-c3c[nH]c4ccccc34)n2CC2CCCO2)o1. The lowest BCUT2D eigenvalue weighted by molar-refractivity contribution is -0.127. The average Bonchev–Trinajstić information content (AvgIpc) is 3.60. The predicted molar refractivity (Wildman–Crippen MR) is 127 cm³/mol. The lowest BCUT2D eigenvalue weighted by Crippen LogP contribution is -2.27. The monoisotopic (exact) mass is 465 g/mol. The Morgan fingerprint density at radius 2 is 2.15 bits per heavy atom. The molecular formula is C24H27N5O3S. The number of nitrogens with zero attached hydrogens (tertiary/aromatic N) is 4. The zero-order valence-corrected chi connectivity index (χ0v) is 19.6. The Kier molecular flexibility index (Phi) is 6.24. The van der Waals surface area contributed by atoms with Gasteiger partial charge >= 0.3 is 0 Å². The fraction of sp³-hybridized carbons (Fsp3) is 0.375. The molecular weight excluding hydrogens is 438 g/mol. The van der Waals surface area contributed by atoms with Gasteiger partial charge in [0.1, 0.15) is 11.5 Å². The van der Waals surface area contributed by atoms with Crippen LogP contribution in [0.25, 0.3) is 22.3 Å². The van der Waals surface area contributed by atoms with Gasteiger partial charge in [0.15, 0.2) is 11.0 Å². The van der Waals surface area contributed by atoms with Gasteiger partial charge in [-0.25, -0.2) is 0 Å². The predicted octanol–water partition coefficient (Wildman–Crippen LogP) is 4.26. The van der Waals surface area contributed by atoms with Crippen LogP contribution in [0.1, 0.15) is 24.4 Å². The molecule has 1 fully saturated rings. The molecule has 1 aromatic carbocycles. The third kappa shape index (κ3) is 4.69. The van der Waals surface area contributed by atoms with Crippen LogP contribution in [0.2, 0.25) is 0 Å². The van der Waals surface area contributed by atoms with E-state index in [2.05, 4.69) is 25.8 Å². The van der Waals surface area contributed by atoms with E-state index in [4.69, 9.17) is 9.15 Å². The van der Waals surface area contributed by atoms with Crippen LogP contribution < -0.4 is 0 Å². The van der Waals surface area contributed by atoms with Crippen molar-refractivity contribution in [2.75, 3.05) is 19.4 Å². The van der Waals surface area contributed by atoms with Gasteiger partial charge in [0.25, 0.3) is 0 Å². The second-order valence-corrected chi connectivity index (χ2v) is 9.29. The van der Waals surface area contributed by atoms with Gasteiger partial charge in [-0.3, -0.25) is 9.36 Å². The van der Waals surface area contributed by atoms with E-state index in [1.807, 2.05) is 43.5 Å². The summed E-state index contributed by atoms with van der Waals surface area (Å²) in [7, 11) is 1.79. The summed E-state index contributed by atoms with van der Waals surface area (Å²) in [4.78, 5) is 17.8. The van der Waals surface area contributed by atoms with Gasteiger partial charge in [-0.05, 0) is 38.0 Å². The number of furan rings is 1. The number of hydrogen-bond donors (Lipinski definition) is 1. The summed E-state index contributed by atoms with van der Waals surface area (Å²) in [6.07, 6.45) is 4.18. The highest BCUT2D eigenvalue weighted by Gasteiger charge is 2.24. The number of rotatable bonds is 8. The van der Waals surface area contributed by atoms with E-state index < -0.39 is 0 Å². The topological polar surface area (TPSA) is 89.2 Å². The summed E-state index contributed by atoms with van der Waals surface area (Å²) >= 11 is 1.41. The van der Waals surface area contributed by atoms with Gasteiger partial charge in [0.2, 0.25) is 5.91 Å². The first-order valence-corrected chi connectivity index (χ1v) is 12.1. The molecule has 3 aromatic heterocycles. The molecule has 0 radical (unpaired) electrons. The van der Waals surface area contributed by atoms with Crippen LogP contribution in [-0.2, 0) is 22.6 Å². The minimum absolute atomic E-state index is 0.00867. The smallest absolute Gasteiger partial charge is 0.233 e. The normalized spacial score (nSPS) is 16.0. The first-order valence-electron chi connectivity index (χ1n) is 11.1. The summed E-state index contributed by atoms with van der Waals surface area (Å²) < 4.78 is 13.6. The number of ether oxygens (including phenoxy) is 1. The maximum atomic E-state index is 12.8. The maximum absolute atomic E-state index is 12.8. The van der Waals surface area contributed by atoms with Gasteiger partial charge < -0.3 is 19.0 Å². The Morgan fingerprint density at radius 3 is 2.94 bits per heavy atom. The first-order chi connectivity index (χ1) is 16.1. The summed E-state index contributed by atoms with van der Waals surface area (Å²) in [5.41, 5.74) is 2.05. The summed E-state index contributed by atoms with van der Waals surface area (Å²) in [5, 5.41) is 10.8. The van der Waals surface area contributed by atoms with Crippen molar-refractivity contribution < 1.29 is 13.9 Å². The number of carbonyl (C=O) groups excluding carboxylic acids is 1. The molecule has 172 valence electrons. The largest absolute Gasteiger partial charge is 0.464 e. The molecule has 9 heteroatoms. The molecule has 1 atom stereocenters. The molecule has 0 bridgehead atoms. The molecule has 33 heavy (non-hydrogen) atoms. The number of carbonyl (C=O) groups is 1. The molecule has 1 saturated heterocycles. The van der Waals surface area contributed by atoms with E-state index in [1.54, 1.807) is 11.9 Å². The van der Waals surface area contributed by atoms with Crippen LogP contribution in [0.4, 0.5) is 0 Å². The fourth-order valence-electron chi connectivity index (χ4n) is 4.14. The second kappa shape index (κ2) is 9.44. The first kappa shape index (κ1) is 21.8. The van der Waals surface area contributed by atoms with Crippen LogP contribution in [0.15, 0.2) is 52.2 Å². The number of aryl methyl sites for hydroxylation is 1. The molecule has 5 rings (SSSR count). The second-order valence-electron chi connectivity index (χ2n) is 8.35. The summed E-state index contributed by atoms with van der Waals surface area (Å²) in [5.74, 6) is 2.68. The van der Waals surface area contributed by atoms with Crippen LogP contribution in [0, 0.1) is 6.92 Å². The standard InChI is InChI=1S/C24H27N5O3S/c1-16-9-10-18(32-16)13-28(2)22(30)15-33-24-27-26-23(29(24)14-17-6-5-11-31-17)20-12-25-21-8-4-3-7-19(20)21/h3-4,7-10,12,17,25H,5-6,11,13-15H2,1-2H3. The number of amides is 1. The Labute approximate surface area is 196 Å². The van der Waals surface area contributed by atoms with Crippen LogP contribution in [0.3, 0.4) is 0 Å². The van der Waals surface area contributed by atoms with Crippen molar-refractivity contribution in [2.45, 2.75) is 44.1 Å². The molecule has 1 aliphatic heterocycles. The van der Waals surface area contributed by atoms with Gasteiger partial charge in [0.05, 0.1) is 24.9 Å². The molecule has 0 spiro atoms. The molecule has 0 saturated carbocycles. The van der Waals surface area contributed by atoms with E-state index in [1.165, 1.54) is 11.8 Å². The molecule has 0 aliphatic carbocycles.